The minimum absolute atomic E-state index is 0.000995. The number of nitrogens with one attached hydrogen (secondary N) is 2. The van der Waals surface area contributed by atoms with Gasteiger partial charge in [0.15, 0.2) is 0 Å². The molecule has 0 aliphatic rings. The monoisotopic (exact) mass is 470 g/mol. The van der Waals surface area contributed by atoms with Crippen molar-refractivity contribution in [3.8, 4) is 0 Å². The molecule has 0 saturated carbocycles. The van der Waals surface area contributed by atoms with Crippen LogP contribution >= 0.6 is 23.2 Å². The van der Waals surface area contributed by atoms with Crippen molar-refractivity contribution in [1.82, 2.24) is 0 Å². The normalized spacial score (nSPS) is 11.8. The standard InChI is InChI=1S/C19H16Cl2N2O4S2/c1-13-6-9-15(22-28(24,25)16-10-7-14(20)8-11-16)12-19(13)29(26,27)23-18-5-3-2-4-17(18)21/h2-12,22-23H,1H3. The predicted octanol–water partition coefficient (Wildman–Crippen LogP) is 4.90. The van der Waals surface area contributed by atoms with Crippen molar-refractivity contribution < 1.29 is 16.8 Å². The number of halogens is 2. The molecule has 0 heterocycles. The summed E-state index contributed by atoms with van der Waals surface area (Å²) in [5, 5.41) is 0.645. The fraction of sp³-hybridized carbons (Fsp3) is 0.0526. The molecule has 0 unspecified atom stereocenters. The second-order valence-electron chi connectivity index (χ2n) is 6.13. The summed E-state index contributed by atoms with van der Waals surface area (Å²) in [5.41, 5.74) is 0.768. The van der Waals surface area contributed by atoms with Crippen LogP contribution < -0.4 is 9.44 Å². The van der Waals surface area contributed by atoms with Gasteiger partial charge in [-0.2, -0.15) is 0 Å². The molecule has 0 aliphatic carbocycles. The number of hydrogen-bond acceptors (Lipinski definition) is 4. The number of aryl methyl sites for hydroxylation is 1. The van der Waals surface area contributed by atoms with Crippen LogP contribution in [0.5, 0.6) is 0 Å². The van der Waals surface area contributed by atoms with Gasteiger partial charge < -0.3 is 0 Å². The average molecular weight is 471 g/mol. The molecule has 3 rings (SSSR count). The molecule has 0 aromatic heterocycles. The molecule has 29 heavy (non-hydrogen) atoms. The summed E-state index contributed by atoms with van der Waals surface area (Å²) in [6.45, 7) is 1.61. The van der Waals surface area contributed by atoms with Crippen LogP contribution in [-0.4, -0.2) is 16.8 Å². The summed E-state index contributed by atoms with van der Waals surface area (Å²) in [5.74, 6) is 0. The van der Waals surface area contributed by atoms with Crippen LogP contribution in [0.1, 0.15) is 5.56 Å². The molecule has 0 spiro atoms. The van der Waals surface area contributed by atoms with Gasteiger partial charge in [0.2, 0.25) is 0 Å². The largest absolute Gasteiger partial charge is 0.280 e. The maximum atomic E-state index is 12.8. The number of sulfonamides is 2. The number of rotatable bonds is 6. The Morgan fingerprint density at radius 1 is 0.759 bits per heavy atom. The Labute approximate surface area is 179 Å². The number of para-hydroxylation sites is 1. The summed E-state index contributed by atoms with van der Waals surface area (Å²) in [4.78, 5) is -0.0743. The molecule has 10 heteroatoms. The van der Waals surface area contributed by atoms with Gasteiger partial charge >= 0.3 is 0 Å². The predicted molar refractivity (Wildman–Crippen MR) is 116 cm³/mol. The third kappa shape index (κ3) is 5.02. The van der Waals surface area contributed by atoms with Crippen molar-refractivity contribution in [3.63, 3.8) is 0 Å². The lowest BCUT2D eigenvalue weighted by Crippen LogP contribution is -2.16. The van der Waals surface area contributed by atoms with Gasteiger partial charge in [-0.15, -0.1) is 0 Å². The van der Waals surface area contributed by atoms with Gasteiger partial charge in [-0.1, -0.05) is 41.4 Å². The van der Waals surface area contributed by atoms with Crippen molar-refractivity contribution in [2.24, 2.45) is 0 Å². The first-order chi connectivity index (χ1) is 13.6. The lowest BCUT2D eigenvalue weighted by Gasteiger charge is -2.14. The van der Waals surface area contributed by atoms with E-state index < -0.39 is 20.0 Å². The zero-order valence-electron chi connectivity index (χ0n) is 15.1. The van der Waals surface area contributed by atoms with Crippen LogP contribution in [0.2, 0.25) is 10.0 Å². The van der Waals surface area contributed by atoms with Crippen molar-refractivity contribution in [2.75, 3.05) is 9.44 Å². The topological polar surface area (TPSA) is 92.3 Å². The maximum Gasteiger partial charge on any atom is 0.262 e. The third-order valence-corrected chi connectivity index (χ3v) is 7.46. The summed E-state index contributed by atoms with van der Waals surface area (Å²) in [6, 6.07) is 16.3. The average Bonchev–Trinajstić information content (AvgIpc) is 2.65. The SMILES string of the molecule is Cc1ccc(NS(=O)(=O)c2ccc(Cl)cc2)cc1S(=O)(=O)Nc1ccccc1Cl. The molecule has 0 atom stereocenters. The van der Waals surface area contributed by atoms with Crippen LogP contribution in [0.3, 0.4) is 0 Å². The Bertz CT molecular complexity index is 1260. The van der Waals surface area contributed by atoms with E-state index in [4.69, 9.17) is 23.2 Å². The first-order valence-electron chi connectivity index (χ1n) is 8.25. The van der Waals surface area contributed by atoms with E-state index in [0.717, 1.165) is 0 Å². The molecule has 3 aromatic carbocycles. The Balaban J connectivity index is 1.93. The second kappa shape index (κ2) is 8.23. The van der Waals surface area contributed by atoms with E-state index in [0.29, 0.717) is 10.6 Å². The number of benzene rings is 3. The number of anilines is 2. The molecule has 3 aromatic rings. The Morgan fingerprint density at radius 3 is 2.07 bits per heavy atom. The molecule has 0 aliphatic heterocycles. The van der Waals surface area contributed by atoms with E-state index in [-0.39, 0.29) is 26.2 Å². The molecule has 0 fully saturated rings. The van der Waals surface area contributed by atoms with E-state index >= 15 is 0 Å². The summed E-state index contributed by atoms with van der Waals surface area (Å²) < 4.78 is 55.6. The minimum atomic E-state index is -4.00. The van der Waals surface area contributed by atoms with Crippen molar-refractivity contribution >= 4 is 54.6 Å². The van der Waals surface area contributed by atoms with Crippen molar-refractivity contribution in [1.29, 1.82) is 0 Å². The summed E-state index contributed by atoms with van der Waals surface area (Å²) >= 11 is 11.8. The van der Waals surface area contributed by atoms with Crippen LogP contribution in [0, 0.1) is 6.92 Å². The quantitative estimate of drug-likeness (QED) is 0.535. The van der Waals surface area contributed by atoms with Crippen LogP contribution in [0.15, 0.2) is 76.5 Å². The fourth-order valence-electron chi connectivity index (χ4n) is 2.52. The highest BCUT2D eigenvalue weighted by Gasteiger charge is 2.21. The Morgan fingerprint density at radius 2 is 1.41 bits per heavy atom. The Kier molecular flexibility index (Phi) is 6.09. The lowest BCUT2D eigenvalue weighted by molar-refractivity contribution is 0.598. The van der Waals surface area contributed by atoms with Gasteiger partial charge in [-0.3, -0.25) is 9.44 Å². The van der Waals surface area contributed by atoms with E-state index in [2.05, 4.69) is 9.44 Å². The van der Waals surface area contributed by atoms with Gasteiger partial charge in [0, 0.05) is 5.02 Å². The maximum absolute atomic E-state index is 12.8. The highest BCUT2D eigenvalue weighted by molar-refractivity contribution is 7.93. The van der Waals surface area contributed by atoms with E-state index in [1.165, 1.54) is 48.5 Å². The van der Waals surface area contributed by atoms with Crippen LogP contribution in [0.4, 0.5) is 11.4 Å². The Hall–Kier alpha value is -2.26. The first-order valence-corrected chi connectivity index (χ1v) is 12.0. The molecule has 0 bridgehead atoms. The number of hydrogen-bond donors (Lipinski definition) is 2. The van der Waals surface area contributed by atoms with Gasteiger partial charge in [0.05, 0.1) is 26.2 Å². The summed E-state index contributed by atoms with van der Waals surface area (Å²) in [6.07, 6.45) is 0. The highest BCUT2D eigenvalue weighted by Crippen LogP contribution is 2.27. The fourth-order valence-corrected chi connectivity index (χ4v) is 5.29. The third-order valence-electron chi connectivity index (χ3n) is 3.97. The van der Waals surface area contributed by atoms with Crippen LogP contribution in [-0.2, 0) is 20.0 Å². The van der Waals surface area contributed by atoms with E-state index in [1.807, 2.05) is 0 Å². The smallest absolute Gasteiger partial charge is 0.262 e. The molecule has 0 amide bonds. The highest BCUT2D eigenvalue weighted by atomic mass is 35.5. The van der Waals surface area contributed by atoms with E-state index in [9.17, 15) is 16.8 Å². The minimum Gasteiger partial charge on any atom is -0.280 e. The first kappa shape index (κ1) is 21.4. The molecule has 6 nitrogen and oxygen atoms in total. The van der Waals surface area contributed by atoms with Gasteiger partial charge in [-0.25, -0.2) is 16.8 Å². The molecule has 152 valence electrons. The van der Waals surface area contributed by atoms with Gasteiger partial charge in [0.25, 0.3) is 20.0 Å². The van der Waals surface area contributed by atoms with Crippen LogP contribution in [0.25, 0.3) is 0 Å². The molecular formula is C19H16Cl2N2O4S2. The van der Waals surface area contributed by atoms with Crippen molar-refractivity contribution in [3.05, 3.63) is 82.3 Å². The molecule has 0 radical (unpaired) electrons. The summed E-state index contributed by atoms with van der Waals surface area (Å²) in [7, 11) is -7.92. The molecule has 0 saturated heterocycles. The van der Waals surface area contributed by atoms with E-state index in [1.54, 1.807) is 25.1 Å². The molecular weight excluding hydrogens is 455 g/mol. The zero-order chi connectivity index (χ0) is 21.2. The van der Waals surface area contributed by atoms with Gasteiger partial charge in [-0.05, 0) is 61.0 Å². The van der Waals surface area contributed by atoms with Crippen molar-refractivity contribution in [2.45, 2.75) is 16.7 Å². The second-order valence-corrected chi connectivity index (χ2v) is 10.3. The van der Waals surface area contributed by atoms with Gasteiger partial charge in [0.1, 0.15) is 0 Å². The zero-order valence-corrected chi connectivity index (χ0v) is 18.2. The molecule has 2 N–H and O–H groups in total. The lowest BCUT2D eigenvalue weighted by atomic mass is 10.2.